The quantitative estimate of drug-likeness (QED) is 0.825. The molecule has 0 spiro atoms. The lowest BCUT2D eigenvalue weighted by molar-refractivity contribution is -0.115. The van der Waals surface area contributed by atoms with E-state index in [1.54, 1.807) is 0 Å². The van der Waals surface area contributed by atoms with Crippen molar-refractivity contribution in [3.63, 3.8) is 0 Å². The summed E-state index contributed by atoms with van der Waals surface area (Å²) < 4.78 is 5.36. The molecular weight excluding hydrogens is 276 g/mol. The average Bonchev–Trinajstić information content (AvgIpc) is 2.50. The Morgan fingerprint density at radius 3 is 2.59 bits per heavy atom. The van der Waals surface area contributed by atoms with Crippen LogP contribution in [0.3, 0.4) is 0 Å². The van der Waals surface area contributed by atoms with Crippen LogP contribution >= 0.6 is 0 Å². The molecule has 0 saturated carbocycles. The minimum atomic E-state index is -0.0585. The summed E-state index contributed by atoms with van der Waals surface area (Å²) in [4.78, 5) is 11.9. The van der Waals surface area contributed by atoms with Crippen LogP contribution in [0.4, 0.5) is 5.69 Å². The van der Waals surface area contributed by atoms with Crippen molar-refractivity contribution < 1.29 is 9.53 Å². The molecule has 0 aliphatic heterocycles. The van der Waals surface area contributed by atoms with Crippen molar-refractivity contribution in [1.29, 1.82) is 0 Å². The maximum absolute atomic E-state index is 11.9. The molecule has 2 N–H and O–H groups in total. The number of benzene rings is 2. The summed E-state index contributed by atoms with van der Waals surface area (Å²) in [6.07, 6.45) is 0. The Morgan fingerprint density at radius 2 is 1.91 bits per heavy atom. The van der Waals surface area contributed by atoms with E-state index in [-0.39, 0.29) is 12.5 Å². The topological polar surface area (TPSA) is 50.4 Å². The fourth-order valence-corrected chi connectivity index (χ4v) is 2.15. The van der Waals surface area contributed by atoms with E-state index in [1.807, 2.05) is 43.3 Å². The predicted octanol–water partition coefficient (Wildman–Crippen LogP) is 3.12. The van der Waals surface area contributed by atoms with E-state index in [9.17, 15) is 4.79 Å². The molecule has 1 amide bonds. The van der Waals surface area contributed by atoms with Crippen molar-refractivity contribution in [2.45, 2.75) is 20.4 Å². The van der Waals surface area contributed by atoms with E-state index in [1.165, 1.54) is 11.1 Å². The summed E-state index contributed by atoms with van der Waals surface area (Å²) in [5, 5.41) is 6.00. The lowest BCUT2D eigenvalue weighted by atomic mass is 10.1. The molecule has 22 heavy (non-hydrogen) atoms. The maximum Gasteiger partial charge on any atom is 0.238 e. The van der Waals surface area contributed by atoms with Gasteiger partial charge < -0.3 is 15.4 Å². The molecule has 0 aliphatic rings. The largest absolute Gasteiger partial charge is 0.494 e. The van der Waals surface area contributed by atoms with Gasteiger partial charge in [0.1, 0.15) is 5.75 Å². The highest BCUT2D eigenvalue weighted by molar-refractivity contribution is 5.92. The van der Waals surface area contributed by atoms with Crippen molar-refractivity contribution in [2.75, 3.05) is 18.5 Å². The average molecular weight is 298 g/mol. The summed E-state index contributed by atoms with van der Waals surface area (Å²) in [5.41, 5.74) is 3.16. The third-order valence-electron chi connectivity index (χ3n) is 3.15. The highest BCUT2D eigenvalue weighted by Gasteiger charge is 2.02. The van der Waals surface area contributed by atoms with Crippen LogP contribution in [0, 0.1) is 6.92 Å². The van der Waals surface area contributed by atoms with Crippen LogP contribution in [-0.2, 0) is 11.3 Å². The Kier molecular flexibility index (Phi) is 5.98. The van der Waals surface area contributed by atoms with Crippen LogP contribution in [0.1, 0.15) is 18.1 Å². The van der Waals surface area contributed by atoms with E-state index in [4.69, 9.17) is 4.74 Å². The molecule has 0 unspecified atom stereocenters. The number of amides is 1. The Labute approximate surface area is 131 Å². The van der Waals surface area contributed by atoms with Gasteiger partial charge in [-0.15, -0.1) is 0 Å². The van der Waals surface area contributed by atoms with Gasteiger partial charge in [0.05, 0.1) is 13.2 Å². The highest BCUT2D eigenvalue weighted by atomic mass is 16.5. The van der Waals surface area contributed by atoms with Gasteiger partial charge in [0.25, 0.3) is 0 Å². The first-order valence-corrected chi connectivity index (χ1v) is 7.46. The summed E-state index contributed by atoms with van der Waals surface area (Å²) in [5.74, 6) is 0.745. The zero-order valence-corrected chi connectivity index (χ0v) is 13.1. The SMILES string of the molecule is CCOc1ccc(NC(=O)CNCc2cccc(C)c2)cc1. The molecule has 0 aromatic heterocycles. The summed E-state index contributed by atoms with van der Waals surface area (Å²) in [6.45, 7) is 5.59. The third kappa shape index (κ3) is 5.22. The third-order valence-corrected chi connectivity index (χ3v) is 3.15. The van der Waals surface area contributed by atoms with Gasteiger partial charge >= 0.3 is 0 Å². The molecular formula is C18H22N2O2. The number of aryl methyl sites for hydroxylation is 1. The zero-order chi connectivity index (χ0) is 15.8. The van der Waals surface area contributed by atoms with Crippen LogP contribution in [0.15, 0.2) is 48.5 Å². The molecule has 0 atom stereocenters. The van der Waals surface area contributed by atoms with Crippen molar-refractivity contribution in [1.82, 2.24) is 5.32 Å². The standard InChI is InChI=1S/C18H22N2O2/c1-3-22-17-9-7-16(8-10-17)20-18(21)13-19-12-15-6-4-5-14(2)11-15/h4-11,19H,3,12-13H2,1-2H3,(H,20,21). The first-order chi connectivity index (χ1) is 10.7. The van der Waals surface area contributed by atoms with Gasteiger partial charge in [0.15, 0.2) is 0 Å². The molecule has 0 fully saturated rings. The number of carbonyl (C=O) groups excluding carboxylic acids is 1. The molecule has 0 bridgehead atoms. The van der Waals surface area contributed by atoms with Crippen LogP contribution in [-0.4, -0.2) is 19.1 Å². The van der Waals surface area contributed by atoms with E-state index in [0.717, 1.165) is 11.4 Å². The van der Waals surface area contributed by atoms with Gasteiger partial charge in [-0.3, -0.25) is 4.79 Å². The van der Waals surface area contributed by atoms with Crippen LogP contribution in [0.25, 0.3) is 0 Å². The number of nitrogens with one attached hydrogen (secondary N) is 2. The van der Waals surface area contributed by atoms with Gasteiger partial charge in [0, 0.05) is 12.2 Å². The molecule has 0 radical (unpaired) electrons. The number of anilines is 1. The van der Waals surface area contributed by atoms with Gasteiger partial charge in [-0.2, -0.15) is 0 Å². The number of carbonyl (C=O) groups is 1. The van der Waals surface area contributed by atoms with Crippen molar-refractivity contribution >= 4 is 11.6 Å². The van der Waals surface area contributed by atoms with Crippen LogP contribution < -0.4 is 15.4 Å². The molecule has 4 heteroatoms. The first kappa shape index (κ1) is 16.0. The molecule has 0 heterocycles. The van der Waals surface area contributed by atoms with Gasteiger partial charge in [0.2, 0.25) is 5.91 Å². The lowest BCUT2D eigenvalue weighted by Gasteiger charge is -2.08. The molecule has 4 nitrogen and oxygen atoms in total. The first-order valence-electron chi connectivity index (χ1n) is 7.46. The monoisotopic (exact) mass is 298 g/mol. The maximum atomic E-state index is 11.9. The molecule has 0 saturated heterocycles. The zero-order valence-electron chi connectivity index (χ0n) is 13.1. The second-order valence-electron chi connectivity index (χ2n) is 5.10. The second-order valence-corrected chi connectivity index (χ2v) is 5.10. The minimum absolute atomic E-state index is 0.0585. The Hall–Kier alpha value is -2.33. The van der Waals surface area contributed by atoms with Crippen LogP contribution in [0.5, 0.6) is 5.75 Å². The summed E-state index contributed by atoms with van der Waals surface area (Å²) in [7, 11) is 0. The normalized spacial score (nSPS) is 10.3. The van der Waals surface area contributed by atoms with Crippen molar-refractivity contribution in [2.24, 2.45) is 0 Å². The summed E-state index contributed by atoms with van der Waals surface area (Å²) in [6, 6.07) is 15.6. The van der Waals surface area contributed by atoms with Crippen molar-refractivity contribution in [3.8, 4) is 5.75 Å². The number of hydrogen-bond acceptors (Lipinski definition) is 3. The van der Waals surface area contributed by atoms with Crippen molar-refractivity contribution in [3.05, 3.63) is 59.7 Å². The van der Waals surface area contributed by atoms with Gasteiger partial charge in [-0.1, -0.05) is 29.8 Å². The van der Waals surface area contributed by atoms with Gasteiger partial charge in [-0.25, -0.2) is 0 Å². The van der Waals surface area contributed by atoms with E-state index in [2.05, 4.69) is 29.7 Å². The summed E-state index contributed by atoms with van der Waals surface area (Å²) >= 11 is 0. The fraction of sp³-hybridized carbons (Fsp3) is 0.278. The number of hydrogen-bond donors (Lipinski definition) is 2. The number of rotatable bonds is 7. The molecule has 0 aliphatic carbocycles. The minimum Gasteiger partial charge on any atom is -0.494 e. The Bertz CT molecular complexity index is 609. The van der Waals surface area contributed by atoms with E-state index in [0.29, 0.717) is 13.2 Å². The molecule has 2 aromatic carbocycles. The molecule has 2 aromatic rings. The highest BCUT2D eigenvalue weighted by Crippen LogP contribution is 2.15. The predicted molar refractivity (Wildman–Crippen MR) is 89.1 cm³/mol. The van der Waals surface area contributed by atoms with E-state index >= 15 is 0 Å². The fourth-order valence-electron chi connectivity index (χ4n) is 2.15. The molecule has 2 rings (SSSR count). The second kappa shape index (κ2) is 8.20. The Balaban J connectivity index is 1.75. The smallest absolute Gasteiger partial charge is 0.238 e. The Morgan fingerprint density at radius 1 is 1.14 bits per heavy atom. The number of ether oxygens (including phenoxy) is 1. The molecule has 116 valence electrons. The van der Waals surface area contributed by atoms with Gasteiger partial charge in [-0.05, 0) is 43.7 Å². The van der Waals surface area contributed by atoms with Crippen LogP contribution in [0.2, 0.25) is 0 Å². The van der Waals surface area contributed by atoms with E-state index < -0.39 is 0 Å². The lowest BCUT2D eigenvalue weighted by Crippen LogP contribution is -2.27.